The maximum atomic E-state index is 12.0. The van der Waals surface area contributed by atoms with Crippen molar-refractivity contribution in [1.82, 2.24) is 14.5 Å². The van der Waals surface area contributed by atoms with E-state index < -0.39 is 0 Å². The van der Waals surface area contributed by atoms with Gasteiger partial charge in [-0.05, 0) is 43.7 Å². The number of aliphatic imine (C=N–C) groups is 1. The Morgan fingerprint density at radius 3 is 2.76 bits per heavy atom. The average Bonchev–Trinajstić information content (AvgIpc) is 3.14. The highest BCUT2D eigenvalue weighted by Gasteiger charge is 2.13. The number of imidazole rings is 1. The van der Waals surface area contributed by atoms with E-state index in [9.17, 15) is 4.79 Å². The van der Waals surface area contributed by atoms with Gasteiger partial charge in [0.2, 0.25) is 0 Å². The molecule has 0 saturated heterocycles. The molecule has 0 amide bonds. The van der Waals surface area contributed by atoms with Crippen LogP contribution in [-0.4, -0.2) is 26.0 Å². The van der Waals surface area contributed by atoms with Crippen LogP contribution in [0, 0.1) is 6.92 Å². The first-order valence-electron chi connectivity index (χ1n) is 7.87. The van der Waals surface area contributed by atoms with Gasteiger partial charge in [0.1, 0.15) is 12.1 Å². The number of aromatic nitrogens is 3. The zero-order valence-electron chi connectivity index (χ0n) is 14.2. The molecule has 0 unspecified atom stereocenters. The molecule has 0 saturated carbocycles. The van der Waals surface area contributed by atoms with Gasteiger partial charge in [0, 0.05) is 29.7 Å². The lowest BCUT2D eigenvalue weighted by molar-refractivity contribution is 0.101. The van der Waals surface area contributed by atoms with Crippen molar-refractivity contribution < 1.29 is 4.79 Å². The Morgan fingerprint density at radius 1 is 1.24 bits per heavy atom. The van der Waals surface area contributed by atoms with E-state index >= 15 is 0 Å². The van der Waals surface area contributed by atoms with Crippen molar-refractivity contribution in [2.24, 2.45) is 4.99 Å². The van der Waals surface area contributed by atoms with E-state index in [0.717, 1.165) is 11.1 Å². The number of hydrogen-bond donors (Lipinski definition) is 0. The number of carbonyl (C=O) groups is 1. The van der Waals surface area contributed by atoms with E-state index in [2.05, 4.69) is 16.5 Å². The molecule has 0 radical (unpaired) electrons. The highest BCUT2D eigenvalue weighted by Crippen LogP contribution is 2.25. The molecule has 0 bridgehead atoms. The predicted octanol–water partition coefficient (Wildman–Crippen LogP) is 4.09. The SMILES string of the molecule is C=CC(=Nc1cccc(C)c1C(C)=O)c1cccnc1-n1ccnc1. The smallest absolute Gasteiger partial charge is 0.162 e. The van der Waals surface area contributed by atoms with E-state index in [1.807, 2.05) is 48.0 Å². The summed E-state index contributed by atoms with van der Waals surface area (Å²) in [6, 6.07) is 9.40. The van der Waals surface area contributed by atoms with Crippen LogP contribution in [0.3, 0.4) is 0 Å². The van der Waals surface area contributed by atoms with Crippen molar-refractivity contribution >= 4 is 17.2 Å². The van der Waals surface area contributed by atoms with Gasteiger partial charge in [-0.2, -0.15) is 0 Å². The van der Waals surface area contributed by atoms with Crippen LogP contribution in [-0.2, 0) is 0 Å². The topological polar surface area (TPSA) is 60.1 Å². The first kappa shape index (κ1) is 16.5. The van der Waals surface area contributed by atoms with E-state index in [1.54, 1.807) is 31.7 Å². The molecule has 1 aromatic carbocycles. The number of hydrogen-bond acceptors (Lipinski definition) is 4. The summed E-state index contributed by atoms with van der Waals surface area (Å²) in [7, 11) is 0. The Bertz CT molecular complexity index is 956. The van der Waals surface area contributed by atoms with Gasteiger partial charge in [0.15, 0.2) is 5.78 Å². The van der Waals surface area contributed by atoms with Gasteiger partial charge in [0.05, 0.1) is 11.4 Å². The third-order valence-corrected chi connectivity index (χ3v) is 3.85. The van der Waals surface area contributed by atoms with Crippen LogP contribution in [0.15, 0.2) is 72.9 Å². The van der Waals surface area contributed by atoms with Gasteiger partial charge >= 0.3 is 0 Å². The van der Waals surface area contributed by atoms with Crippen molar-refractivity contribution in [1.29, 1.82) is 0 Å². The summed E-state index contributed by atoms with van der Waals surface area (Å²) in [6.45, 7) is 7.34. The maximum absolute atomic E-state index is 12.0. The van der Waals surface area contributed by atoms with Gasteiger partial charge in [0.25, 0.3) is 0 Å². The number of carbonyl (C=O) groups excluding carboxylic acids is 1. The van der Waals surface area contributed by atoms with Crippen LogP contribution in [0.1, 0.15) is 28.4 Å². The second-order valence-electron chi connectivity index (χ2n) is 5.57. The summed E-state index contributed by atoms with van der Waals surface area (Å²) < 4.78 is 1.82. The molecule has 2 aromatic heterocycles. The Morgan fingerprint density at radius 2 is 2.08 bits per heavy atom. The van der Waals surface area contributed by atoms with Gasteiger partial charge in [-0.1, -0.05) is 18.7 Å². The fourth-order valence-electron chi connectivity index (χ4n) is 2.74. The van der Waals surface area contributed by atoms with Crippen LogP contribution in [0.25, 0.3) is 5.82 Å². The molecule has 0 N–H and O–H groups in total. The van der Waals surface area contributed by atoms with Gasteiger partial charge < -0.3 is 0 Å². The highest BCUT2D eigenvalue weighted by molar-refractivity contribution is 6.12. The maximum Gasteiger partial charge on any atom is 0.162 e. The van der Waals surface area contributed by atoms with Crippen molar-refractivity contribution in [3.05, 3.63) is 84.6 Å². The van der Waals surface area contributed by atoms with Crippen LogP contribution in [0.5, 0.6) is 0 Å². The van der Waals surface area contributed by atoms with E-state index in [4.69, 9.17) is 4.99 Å². The molecule has 0 spiro atoms. The standard InChI is InChI=1S/C20H18N4O/c1-4-17(23-18-9-5-7-14(2)19(18)15(3)25)16-8-6-10-22-20(16)24-12-11-21-13-24/h4-13H,1H2,2-3H3. The summed E-state index contributed by atoms with van der Waals surface area (Å²) in [5.41, 5.74) is 3.60. The zero-order chi connectivity index (χ0) is 17.8. The number of nitrogens with zero attached hydrogens (tertiary/aromatic N) is 4. The van der Waals surface area contributed by atoms with Gasteiger partial charge in [-0.15, -0.1) is 0 Å². The lowest BCUT2D eigenvalue weighted by Crippen LogP contribution is -2.06. The molecule has 0 fully saturated rings. The Balaban J connectivity index is 2.18. The molecule has 5 heteroatoms. The van der Waals surface area contributed by atoms with E-state index in [1.165, 1.54) is 0 Å². The van der Waals surface area contributed by atoms with Crippen LogP contribution >= 0.6 is 0 Å². The monoisotopic (exact) mass is 330 g/mol. The van der Waals surface area contributed by atoms with Crippen molar-refractivity contribution in [3.8, 4) is 5.82 Å². The molecular formula is C20H18N4O. The molecule has 0 aliphatic rings. The second kappa shape index (κ2) is 7.05. The summed E-state index contributed by atoms with van der Waals surface area (Å²) in [5, 5.41) is 0. The number of pyridine rings is 1. The molecule has 124 valence electrons. The van der Waals surface area contributed by atoms with Crippen molar-refractivity contribution in [2.75, 3.05) is 0 Å². The summed E-state index contributed by atoms with van der Waals surface area (Å²) >= 11 is 0. The third kappa shape index (κ3) is 3.30. The predicted molar refractivity (Wildman–Crippen MR) is 98.9 cm³/mol. The Labute approximate surface area is 146 Å². The van der Waals surface area contributed by atoms with Crippen molar-refractivity contribution in [2.45, 2.75) is 13.8 Å². The van der Waals surface area contributed by atoms with Crippen molar-refractivity contribution in [3.63, 3.8) is 0 Å². The summed E-state index contributed by atoms with van der Waals surface area (Å²) in [4.78, 5) is 25.2. The minimum Gasteiger partial charge on any atom is -0.294 e. The third-order valence-electron chi connectivity index (χ3n) is 3.85. The average molecular weight is 330 g/mol. The quantitative estimate of drug-likeness (QED) is 0.523. The molecule has 3 rings (SSSR count). The minimum absolute atomic E-state index is 0.0127. The molecule has 25 heavy (non-hydrogen) atoms. The highest BCUT2D eigenvalue weighted by atomic mass is 16.1. The number of aryl methyl sites for hydroxylation is 1. The largest absolute Gasteiger partial charge is 0.294 e. The molecule has 2 heterocycles. The fourth-order valence-corrected chi connectivity index (χ4v) is 2.74. The van der Waals surface area contributed by atoms with E-state index in [-0.39, 0.29) is 5.78 Å². The minimum atomic E-state index is -0.0127. The van der Waals surface area contributed by atoms with Gasteiger partial charge in [-0.3, -0.25) is 9.36 Å². The fraction of sp³-hybridized carbons (Fsp3) is 0.100. The second-order valence-corrected chi connectivity index (χ2v) is 5.57. The molecule has 0 aliphatic carbocycles. The number of rotatable bonds is 5. The van der Waals surface area contributed by atoms with Crippen LogP contribution < -0.4 is 0 Å². The normalized spacial score (nSPS) is 11.4. The number of ketones is 1. The van der Waals surface area contributed by atoms with E-state index in [0.29, 0.717) is 22.8 Å². The molecule has 0 atom stereocenters. The Hall–Kier alpha value is -3.34. The lowest BCUT2D eigenvalue weighted by Gasteiger charge is -2.11. The first-order valence-corrected chi connectivity index (χ1v) is 7.87. The Kier molecular flexibility index (Phi) is 4.66. The van der Waals surface area contributed by atoms with Gasteiger partial charge in [-0.25, -0.2) is 15.0 Å². The molecule has 0 aliphatic heterocycles. The first-order chi connectivity index (χ1) is 12.1. The summed E-state index contributed by atoms with van der Waals surface area (Å²) in [5.74, 6) is 0.692. The number of Topliss-reactive ketones (excluding diaryl/α,β-unsaturated/α-hetero) is 1. The van der Waals surface area contributed by atoms with Crippen LogP contribution in [0.2, 0.25) is 0 Å². The zero-order valence-corrected chi connectivity index (χ0v) is 14.2. The number of allylic oxidation sites excluding steroid dienone is 1. The lowest BCUT2D eigenvalue weighted by atomic mass is 10.0. The summed E-state index contributed by atoms with van der Waals surface area (Å²) in [6.07, 6.45) is 8.58. The number of benzene rings is 1. The molecular weight excluding hydrogens is 312 g/mol. The molecule has 5 nitrogen and oxygen atoms in total. The van der Waals surface area contributed by atoms with Crippen LogP contribution in [0.4, 0.5) is 5.69 Å². The molecule has 3 aromatic rings.